The second-order valence-corrected chi connectivity index (χ2v) is 7.77. The molecule has 0 aromatic carbocycles. The second kappa shape index (κ2) is 10.5. The highest BCUT2D eigenvalue weighted by Gasteiger charge is 2.28. The Balaban J connectivity index is 0.000000591. The molecule has 1 saturated carbocycles. The van der Waals surface area contributed by atoms with Gasteiger partial charge in [-0.15, -0.1) is 11.3 Å². The highest BCUT2D eigenvalue weighted by atomic mass is 32.1. The van der Waals surface area contributed by atoms with Crippen molar-refractivity contribution in [1.29, 1.82) is 0 Å². The van der Waals surface area contributed by atoms with E-state index in [1.165, 1.54) is 6.42 Å². The van der Waals surface area contributed by atoms with Crippen LogP contribution in [-0.2, 0) is 0 Å². The fraction of sp³-hybridized carbons (Fsp3) is 0.381. The van der Waals surface area contributed by atoms with Gasteiger partial charge in [0.2, 0.25) is 0 Å². The number of nitrogens with zero attached hydrogens (tertiary/aromatic N) is 3. The van der Waals surface area contributed by atoms with Crippen LogP contribution in [0.25, 0.3) is 21.5 Å². The molecule has 1 aliphatic carbocycles. The zero-order valence-electron chi connectivity index (χ0n) is 15.7. The first-order valence-corrected chi connectivity index (χ1v) is 9.89. The summed E-state index contributed by atoms with van der Waals surface area (Å²) in [6.07, 6.45) is 6.53. The van der Waals surface area contributed by atoms with Crippen LogP contribution in [-0.4, -0.2) is 35.0 Å². The highest BCUT2D eigenvalue weighted by molar-refractivity contribution is 7.18. The van der Waals surface area contributed by atoms with E-state index in [0.29, 0.717) is 11.7 Å². The summed E-state index contributed by atoms with van der Waals surface area (Å²) in [7, 11) is 1.71. The first kappa shape index (κ1) is 23.8. The predicted octanol–water partition coefficient (Wildman–Crippen LogP) is 5.64. The molecule has 1 atom stereocenters. The van der Waals surface area contributed by atoms with Crippen LogP contribution in [0, 0.1) is 5.92 Å². The van der Waals surface area contributed by atoms with Crippen LogP contribution in [0.4, 0.5) is 19.0 Å². The van der Waals surface area contributed by atoms with Crippen molar-refractivity contribution in [2.24, 2.45) is 10.9 Å². The zero-order chi connectivity index (χ0) is 21.0. The molecule has 4 rings (SSSR count). The zero-order valence-corrected chi connectivity index (χ0v) is 16.5. The van der Waals surface area contributed by atoms with E-state index in [1.54, 1.807) is 30.8 Å². The Kier molecular flexibility index (Phi) is 8.31. The molecule has 0 bridgehead atoms. The Morgan fingerprint density at radius 3 is 2.57 bits per heavy atom. The number of aliphatic hydroxyl groups excluding tert-OH is 1. The van der Waals surface area contributed by atoms with Crippen molar-refractivity contribution in [3.05, 3.63) is 40.9 Å². The van der Waals surface area contributed by atoms with Gasteiger partial charge in [-0.3, -0.25) is 4.99 Å². The summed E-state index contributed by atoms with van der Waals surface area (Å²) in [5.74, 6) is 0.863. The standard InChI is InChI=1S/C19H20N4OS.CHF3.CH4/c1-21-9-14-7-13(10-22-18(14)20)15-6-5-12-8-16(25-19(12)23-15)17(24)11-3-2-4-11;2-1(3)4;/h5-11,17,24H,2-4H2,1H3,(H2,20,22);1H;1H4. The van der Waals surface area contributed by atoms with Gasteiger partial charge in [-0.05, 0) is 43.0 Å². The SMILES string of the molecule is C.CN=Cc1cc(-c2ccc3cc(C(O)C4CCC4)sc3n2)cnc1N.FC(F)F. The van der Waals surface area contributed by atoms with Crippen LogP contribution in [0.2, 0.25) is 0 Å². The summed E-state index contributed by atoms with van der Waals surface area (Å²) in [4.78, 5) is 15.0. The molecule has 0 aliphatic heterocycles. The molecule has 1 fully saturated rings. The number of nitrogens with two attached hydrogens (primary N) is 1. The largest absolute Gasteiger partial charge is 0.387 e. The van der Waals surface area contributed by atoms with Gasteiger partial charge in [0.15, 0.2) is 0 Å². The number of aromatic nitrogens is 2. The Labute approximate surface area is 177 Å². The van der Waals surface area contributed by atoms with Crippen LogP contribution in [0.15, 0.2) is 35.5 Å². The molecule has 162 valence electrons. The van der Waals surface area contributed by atoms with Crippen molar-refractivity contribution in [3.8, 4) is 11.3 Å². The number of fused-ring (bicyclic) bond motifs is 1. The van der Waals surface area contributed by atoms with E-state index in [2.05, 4.69) is 22.1 Å². The number of hydrogen-bond donors (Lipinski definition) is 2. The normalized spacial score (nSPS) is 14.9. The third-order valence-electron chi connectivity index (χ3n) is 4.80. The van der Waals surface area contributed by atoms with Crippen molar-refractivity contribution in [1.82, 2.24) is 9.97 Å². The molecule has 0 spiro atoms. The van der Waals surface area contributed by atoms with E-state index in [9.17, 15) is 18.3 Å². The topological polar surface area (TPSA) is 84.4 Å². The van der Waals surface area contributed by atoms with Gasteiger partial charge >= 0.3 is 6.68 Å². The average molecular weight is 439 g/mol. The lowest BCUT2D eigenvalue weighted by molar-refractivity contribution is 0.00819. The van der Waals surface area contributed by atoms with Crippen LogP contribution in [0.5, 0.6) is 0 Å². The molecular formula is C21H25F3N4OS. The molecule has 5 nitrogen and oxygen atoms in total. The van der Waals surface area contributed by atoms with Crippen LogP contribution in [0.3, 0.4) is 0 Å². The molecule has 9 heteroatoms. The fourth-order valence-corrected chi connectivity index (χ4v) is 4.22. The van der Waals surface area contributed by atoms with Crippen molar-refractivity contribution >= 4 is 33.6 Å². The van der Waals surface area contributed by atoms with Gasteiger partial charge in [-0.2, -0.15) is 13.2 Å². The number of thiophene rings is 1. The van der Waals surface area contributed by atoms with E-state index in [4.69, 9.17) is 10.7 Å². The highest BCUT2D eigenvalue weighted by Crippen LogP contribution is 2.41. The number of aliphatic hydroxyl groups is 1. The van der Waals surface area contributed by atoms with Crippen molar-refractivity contribution in [3.63, 3.8) is 0 Å². The molecule has 3 aromatic heterocycles. The lowest BCUT2D eigenvalue weighted by Crippen LogP contribution is -2.19. The van der Waals surface area contributed by atoms with Gasteiger partial charge in [-0.25, -0.2) is 9.97 Å². The summed E-state index contributed by atoms with van der Waals surface area (Å²) < 4.78 is 29.0. The monoisotopic (exact) mass is 438 g/mol. The first-order valence-electron chi connectivity index (χ1n) is 9.08. The molecular weight excluding hydrogens is 413 g/mol. The number of aliphatic imine (C=N–C) groups is 1. The number of anilines is 1. The maximum atomic E-state index is 10.5. The van der Waals surface area contributed by atoms with E-state index in [1.807, 2.05) is 12.1 Å². The number of alkyl halides is 3. The molecule has 3 heterocycles. The van der Waals surface area contributed by atoms with Gasteiger partial charge in [-0.1, -0.05) is 13.8 Å². The molecule has 0 amide bonds. The predicted molar refractivity (Wildman–Crippen MR) is 117 cm³/mol. The molecule has 0 saturated heterocycles. The van der Waals surface area contributed by atoms with Crippen molar-refractivity contribution < 1.29 is 18.3 Å². The van der Waals surface area contributed by atoms with E-state index < -0.39 is 6.68 Å². The number of rotatable bonds is 4. The minimum Gasteiger partial charge on any atom is -0.387 e. The summed E-state index contributed by atoms with van der Waals surface area (Å²) in [6, 6.07) is 8.04. The van der Waals surface area contributed by atoms with Crippen LogP contribution >= 0.6 is 11.3 Å². The first-order chi connectivity index (χ1) is 13.9. The van der Waals surface area contributed by atoms with E-state index >= 15 is 0 Å². The second-order valence-electron chi connectivity index (χ2n) is 6.71. The Bertz CT molecular complexity index is 1000. The van der Waals surface area contributed by atoms with Crippen LogP contribution < -0.4 is 5.73 Å². The number of pyridine rings is 2. The average Bonchev–Trinajstić information content (AvgIpc) is 3.05. The smallest absolute Gasteiger partial charge is 0.379 e. The minimum absolute atomic E-state index is 0. The van der Waals surface area contributed by atoms with E-state index in [-0.39, 0.29) is 13.5 Å². The Hall–Kier alpha value is -2.52. The Morgan fingerprint density at radius 1 is 1.27 bits per heavy atom. The lowest BCUT2D eigenvalue weighted by Gasteiger charge is -2.29. The quantitative estimate of drug-likeness (QED) is 0.517. The number of halogens is 3. The number of nitrogen functional groups attached to an aromatic ring is 1. The minimum atomic E-state index is -3.67. The molecule has 0 radical (unpaired) electrons. The lowest BCUT2D eigenvalue weighted by atomic mass is 9.80. The molecule has 1 unspecified atom stereocenters. The van der Waals surface area contributed by atoms with Crippen LogP contribution in [0.1, 0.15) is 43.2 Å². The van der Waals surface area contributed by atoms with Gasteiger partial charge in [0, 0.05) is 40.8 Å². The molecule has 3 N–H and O–H groups in total. The van der Waals surface area contributed by atoms with Gasteiger partial charge in [0.1, 0.15) is 10.6 Å². The van der Waals surface area contributed by atoms with Gasteiger partial charge in [0.05, 0.1) is 11.8 Å². The van der Waals surface area contributed by atoms with Crippen molar-refractivity contribution in [2.45, 2.75) is 39.5 Å². The Morgan fingerprint density at radius 2 is 1.97 bits per heavy atom. The molecule has 3 aromatic rings. The summed E-state index contributed by atoms with van der Waals surface area (Å²) >= 11 is 1.58. The summed E-state index contributed by atoms with van der Waals surface area (Å²) in [5, 5.41) is 11.6. The fourth-order valence-electron chi connectivity index (χ4n) is 3.11. The summed E-state index contributed by atoms with van der Waals surface area (Å²) in [6.45, 7) is -3.67. The van der Waals surface area contributed by atoms with E-state index in [0.717, 1.165) is 44.8 Å². The van der Waals surface area contributed by atoms with Gasteiger partial charge in [0.25, 0.3) is 0 Å². The van der Waals surface area contributed by atoms with Crippen molar-refractivity contribution in [2.75, 3.05) is 12.8 Å². The molecule has 1 aliphatic rings. The van der Waals surface area contributed by atoms with Gasteiger partial charge < -0.3 is 10.8 Å². The third kappa shape index (κ3) is 5.54. The maximum Gasteiger partial charge on any atom is 0.379 e. The molecule has 30 heavy (non-hydrogen) atoms. The summed E-state index contributed by atoms with van der Waals surface area (Å²) in [5.41, 5.74) is 8.41. The number of hydrogen-bond acceptors (Lipinski definition) is 6. The maximum absolute atomic E-state index is 10.5. The third-order valence-corrected chi connectivity index (χ3v) is 5.92.